The van der Waals surface area contributed by atoms with E-state index in [0.29, 0.717) is 18.8 Å². The zero-order valence-corrected chi connectivity index (χ0v) is 11.5. The van der Waals surface area contributed by atoms with Crippen molar-refractivity contribution in [2.24, 2.45) is 0 Å². The predicted molar refractivity (Wildman–Crippen MR) is 77.6 cm³/mol. The number of phenols is 1. The minimum absolute atomic E-state index is 0.0629. The molecule has 0 aliphatic heterocycles. The summed E-state index contributed by atoms with van der Waals surface area (Å²) in [5.74, 6) is 0.873. The molecule has 0 amide bonds. The van der Waals surface area contributed by atoms with Gasteiger partial charge in [-0.15, -0.1) is 0 Å². The SMILES string of the molecule is COc1ccc(CNCc2ccc(CO)cc2)c(O)c1. The van der Waals surface area contributed by atoms with Gasteiger partial charge in [-0.3, -0.25) is 0 Å². The van der Waals surface area contributed by atoms with Gasteiger partial charge in [-0.05, 0) is 17.2 Å². The van der Waals surface area contributed by atoms with Gasteiger partial charge >= 0.3 is 0 Å². The first kappa shape index (κ1) is 14.4. The molecule has 0 aliphatic carbocycles. The number of aliphatic hydroxyl groups excluding tert-OH is 1. The fourth-order valence-corrected chi connectivity index (χ4v) is 1.92. The summed E-state index contributed by atoms with van der Waals surface area (Å²) in [5.41, 5.74) is 2.87. The molecule has 0 aromatic heterocycles. The predicted octanol–water partition coefficient (Wildman–Crippen LogP) is 2.18. The molecule has 0 unspecified atom stereocenters. The lowest BCUT2D eigenvalue weighted by Crippen LogP contribution is -2.12. The number of phenolic OH excluding ortho intramolecular Hbond substituents is 1. The Kier molecular flexibility index (Phi) is 4.98. The number of methoxy groups -OCH3 is 1. The molecule has 0 aliphatic rings. The smallest absolute Gasteiger partial charge is 0.123 e. The Bertz CT molecular complexity index is 552. The molecule has 2 aromatic rings. The maximum Gasteiger partial charge on any atom is 0.123 e. The van der Waals surface area contributed by atoms with Gasteiger partial charge in [-0.2, -0.15) is 0 Å². The quantitative estimate of drug-likeness (QED) is 0.755. The van der Waals surface area contributed by atoms with Crippen molar-refractivity contribution in [3.8, 4) is 11.5 Å². The number of ether oxygens (including phenoxy) is 1. The molecule has 0 bridgehead atoms. The average molecular weight is 273 g/mol. The van der Waals surface area contributed by atoms with Crippen LogP contribution in [0.5, 0.6) is 11.5 Å². The molecule has 4 heteroatoms. The molecule has 0 fully saturated rings. The topological polar surface area (TPSA) is 61.7 Å². The van der Waals surface area contributed by atoms with Crippen molar-refractivity contribution >= 4 is 0 Å². The molecular formula is C16H19NO3. The normalized spacial score (nSPS) is 10.5. The van der Waals surface area contributed by atoms with Crippen LogP contribution in [-0.2, 0) is 19.7 Å². The van der Waals surface area contributed by atoms with Crippen molar-refractivity contribution in [1.29, 1.82) is 0 Å². The maximum absolute atomic E-state index is 9.84. The monoisotopic (exact) mass is 273 g/mol. The number of rotatable bonds is 6. The van der Waals surface area contributed by atoms with E-state index in [1.54, 1.807) is 13.2 Å². The standard InChI is InChI=1S/C16H19NO3/c1-20-15-7-6-14(16(19)8-15)10-17-9-12-2-4-13(11-18)5-3-12/h2-8,17-19H,9-11H2,1H3. The van der Waals surface area contributed by atoms with Crippen LogP contribution < -0.4 is 10.1 Å². The molecule has 2 aromatic carbocycles. The molecule has 106 valence electrons. The van der Waals surface area contributed by atoms with Crippen LogP contribution in [0.2, 0.25) is 0 Å². The zero-order chi connectivity index (χ0) is 14.4. The Morgan fingerprint density at radius 2 is 1.70 bits per heavy atom. The lowest BCUT2D eigenvalue weighted by molar-refractivity contribution is 0.282. The van der Waals surface area contributed by atoms with Crippen molar-refractivity contribution in [2.75, 3.05) is 7.11 Å². The van der Waals surface area contributed by atoms with Gasteiger partial charge in [0.05, 0.1) is 13.7 Å². The Hall–Kier alpha value is -2.04. The lowest BCUT2D eigenvalue weighted by Gasteiger charge is -2.09. The van der Waals surface area contributed by atoms with E-state index in [-0.39, 0.29) is 12.4 Å². The molecule has 0 heterocycles. The third kappa shape index (κ3) is 3.73. The van der Waals surface area contributed by atoms with Crippen molar-refractivity contribution in [2.45, 2.75) is 19.7 Å². The summed E-state index contributed by atoms with van der Waals surface area (Å²) in [5, 5.41) is 22.1. The Balaban J connectivity index is 1.88. The highest BCUT2D eigenvalue weighted by Gasteiger charge is 2.02. The number of aliphatic hydroxyl groups is 1. The molecule has 3 N–H and O–H groups in total. The van der Waals surface area contributed by atoms with Crippen molar-refractivity contribution in [3.05, 3.63) is 59.2 Å². The summed E-state index contributed by atoms with van der Waals surface area (Å²) in [4.78, 5) is 0. The van der Waals surface area contributed by atoms with Crippen LogP contribution >= 0.6 is 0 Å². The highest BCUT2D eigenvalue weighted by molar-refractivity contribution is 5.39. The summed E-state index contributed by atoms with van der Waals surface area (Å²) >= 11 is 0. The van der Waals surface area contributed by atoms with Gasteiger partial charge in [-0.1, -0.05) is 30.3 Å². The minimum atomic E-state index is 0.0629. The summed E-state index contributed by atoms with van der Waals surface area (Å²) in [6.45, 7) is 1.35. The summed E-state index contributed by atoms with van der Waals surface area (Å²) < 4.78 is 5.04. The first-order valence-electron chi connectivity index (χ1n) is 6.48. The van der Waals surface area contributed by atoms with Crippen LogP contribution in [0.25, 0.3) is 0 Å². The van der Waals surface area contributed by atoms with Gasteiger partial charge in [0.25, 0.3) is 0 Å². The summed E-state index contributed by atoms with van der Waals surface area (Å²) in [7, 11) is 1.57. The molecule has 0 atom stereocenters. The fraction of sp³-hybridized carbons (Fsp3) is 0.250. The molecule has 2 rings (SSSR count). The van der Waals surface area contributed by atoms with Crippen molar-refractivity contribution in [1.82, 2.24) is 5.32 Å². The largest absolute Gasteiger partial charge is 0.507 e. The molecular weight excluding hydrogens is 254 g/mol. The molecule has 0 spiro atoms. The molecule has 0 radical (unpaired) electrons. The highest BCUT2D eigenvalue weighted by atomic mass is 16.5. The number of benzene rings is 2. The van der Waals surface area contributed by atoms with Gasteiger partial charge in [0, 0.05) is 24.7 Å². The second-order valence-electron chi connectivity index (χ2n) is 4.57. The van der Waals surface area contributed by atoms with Crippen molar-refractivity contribution < 1.29 is 14.9 Å². The fourth-order valence-electron chi connectivity index (χ4n) is 1.92. The number of nitrogens with one attached hydrogen (secondary N) is 1. The summed E-state index contributed by atoms with van der Waals surface area (Å²) in [6, 6.07) is 13.0. The van der Waals surface area contributed by atoms with Gasteiger partial charge in [-0.25, -0.2) is 0 Å². The number of hydrogen-bond donors (Lipinski definition) is 3. The van der Waals surface area contributed by atoms with Crippen LogP contribution in [0.15, 0.2) is 42.5 Å². The van der Waals surface area contributed by atoms with Crippen LogP contribution in [0.3, 0.4) is 0 Å². The minimum Gasteiger partial charge on any atom is -0.507 e. The number of aromatic hydroxyl groups is 1. The van der Waals surface area contributed by atoms with E-state index >= 15 is 0 Å². The van der Waals surface area contributed by atoms with E-state index in [1.807, 2.05) is 36.4 Å². The second-order valence-corrected chi connectivity index (χ2v) is 4.57. The van der Waals surface area contributed by atoms with Gasteiger partial charge < -0.3 is 20.3 Å². The molecule has 0 saturated heterocycles. The maximum atomic E-state index is 9.84. The Morgan fingerprint density at radius 1 is 1.00 bits per heavy atom. The van der Waals surface area contributed by atoms with Crippen LogP contribution in [0.1, 0.15) is 16.7 Å². The van der Waals surface area contributed by atoms with Crippen molar-refractivity contribution in [3.63, 3.8) is 0 Å². The summed E-state index contributed by atoms with van der Waals surface area (Å²) in [6.07, 6.45) is 0. The van der Waals surface area contributed by atoms with Gasteiger partial charge in [0.2, 0.25) is 0 Å². The van der Waals surface area contributed by atoms with Crippen LogP contribution in [0.4, 0.5) is 0 Å². The molecule has 0 saturated carbocycles. The van der Waals surface area contributed by atoms with E-state index in [0.717, 1.165) is 16.7 Å². The Morgan fingerprint density at radius 3 is 2.30 bits per heavy atom. The van der Waals surface area contributed by atoms with E-state index in [4.69, 9.17) is 9.84 Å². The second kappa shape index (κ2) is 6.93. The van der Waals surface area contributed by atoms with E-state index < -0.39 is 0 Å². The highest BCUT2D eigenvalue weighted by Crippen LogP contribution is 2.23. The third-order valence-corrected chi connectivity index (χ3v) is 3.14. The van der Waals surface area contributed by atoms with E-state index in [9.17, 15) is 5.11 Å². The molecule has 20 heavy (non-hydrogen) atoms. The first-order chi connectivity index (χ1) is 9.72. The lowest BCUT2D eigenvalue weighted by atomic mass is 10.1. The molecule has 4 nitrogen and oxygen atoms in total. The first-order valence-corrected chi connectivity index (χ1v) is 6.48. The number of hydrogen-bond acceptors (Lipinski definition) is 4. The average Bonchev–Trinajstić information content (AvgIpc) is 2.49. The van der Waals surface area contributed by atoms with E-state index in [2.05, 4.69) is 5.32 Å². The van der Waals surface area contributed by atoms with E-state index in [1.165, 1.54) is 0 Å². The van der Waals surface area contributed by atoms with Gasteiger partial charge in [0.1, 0.15) is 11.5 Å². The van der Waals surface area contributed by atoms with Crippen LogP contribution in [-0.4, -0.2) is 17.3 Å². The Labute approximate surface area is 118 Å². The van der Waals surface area contributed by atoms with Gasteiger partial charge in [0.15, 0.2) is 0 Å². The zero-order valence-electron chi connectivity index (χ0n) is 11.5. The van der Waals surface area contributed by atoms with Crippen LogP contribution in [0, 0.1) is 0 Å². The third-order valence-electron chi connectivity index (χ3n) is 3.14.